The maximum atomic E-state index is 12.6. The minimum atomic E-state index is -0.964. The fourth-order valence-electron chi connectivity index (χ4n) is 1.17. The van der Waals surface area contributed by atoms with Crippen molar-refractivity contribution < 1.29 is 23.8 Å². The second kappa shape index (κ2) is 6.58. The van der Waals surface area contributed by atoms with Crippen LogP contribution < -0.4 is 4.74 Å². The fraction of sp³-hybridized carbons (Fsp3) is 0.333. The molecule has 1 rings (SSSR count). The lowest BCUT2D eigenvalue weighted by Crippen LogP contribution is -2.33. The maximum Gasteiger partial charge on any atom is 0.305 e. The highest BCUT2D eigenvalue weighted by Crippen LogP contribution is 2.10. The van der Waals surface area contributed by atoms with E-state index in [1.807, 2.05) is 0 Å². The van der Waals surface area contributed by atoms with Gasteiger partial charge in [0.25, 0.3) is 5.91 Å². The number of benzene rings is 1. The molecule has 6 heteroatoms. The first-order chi connectivity index (χ1) is 8.49. The molecule has 98 valence electrons. The molecule has 1 amide bonds. The highest BCUT2D eigenvalue weighted by molar-refractivity contribution is 5.78. The zero-order valence-electron chi connectivity index (χ0n) is 9.93. The van der Waals surface area contributed by atoms with E-state index in [0.717, 1.165) is 0 Å². The summed E-state index contributed by atoms with van der Waals surface area (Å²) in [5, 5.41) is 8.47. The summed E-state index contributed by atoms with van der Waals surface area (Å²) in [5.41, 5.74) is 0. The lowest BCUT2D eigenvalue weighted by atomic mass is 10.3. The van der Waals surface area contributed by atoms with Gasteiger partial charge in [0, 0.05) is 13.6 Å². The smallest absolute Gasteiger partial charge is 0.305 e. The van der Waals surface area contributed by atoms with Gasteiger partial charge in [-0.15, -0.1) is 0 Å². The molecule has 0 unspecified atom stereocenters. The first kappa shape index (κ1) is 14.0. The van der Waals surface area contributed by atoms with Crippen molar-refractivity contribution in [2.45, 2.75) is 6.42 Å². The minimum absolute atomic E-state index is 0.112. The molecule has 0 aromatic heterocycles. The van der Waals surface area contributed by atoms with Crippen LogP contribution in [-0.4, -0.2) is 42.1 Å². The third-order valence-electron chi connectivity index (χ3n) is 2.26. The minimum Gasteiger partial charge on any atom is -0.484 e. The molecule has 0 aliphatic carbocycles. The van der Waals surface area contributed by atoms with Crippen molar-refractivity contribution in [1.82, 2.24) is 4.90 Å². The molecule has 0 bridgehead atoms. The standard InChI is InChI=1S/C12H14FNO4/c1-14(7-6-12(16)17)11(15)8-18-10-4-2-9(13)3-5-10/h2-5H,6-8H2,1H3,(H,16,17). The number of amides is 1. The van der Waals surface area contributed by atoms with E-state index in [-0.39, 0.29) is 31.3 Å². The van der Waals surface area contributed by atoms with Gasteiger partial charge < -0.3 is 14.7 Å². The third kappa shape index (κ3) is 4.82. The van der Waals surface area contributed by atoms with Gasteiger partial charge in [-0.05, 0) is 24.3 Å². The van der Waals surface area contributed by atoms with Gasteiger partial charge in [0.1, 0.15) is 11.6 Å². The quantitative estimate of drug-likeness (QED) is 0.827. The lowest BCUT2D eigenvalue weighted by molar-refractivity contribution is -0.138. The first-order valence-electron chi connectivity index (χ1n) is 5.33. The Labute approximate surface area is 104 Å². The van der Waals surface area contributed by atoms with E-state index in [0.29, 0.717) is 5.75 Å². The summed E-state index contributed by atoms with van der Waals surface area (Å²) in [6.07, 6.45) is -0.112. The van der Waals surface area contributed by atoms with Crippen LogP contribution in [0.3, 0.4) is 0 Å². The van der Waals surface area contributed by atoms with E-state index in [1.54, 1.807) is 0 Å². The number of ether oxygens (including phenoxy) is 1. The Kier molecular flexibility index (Phi) is 5.10. The number of carbonyl (C=O) groups is 2. The average molecular weight is 255 g/mol. The Morgan fingerprint density at radius 3 is 2.50 bits per heavy atom. The number of hydrogen-bond acceptors (Lipinski definition) is 3. The summed E-state index contributed by atoms with van der Waals surface area (Å²) in [5.74, 6) is -1.29. The van der Waals surface area contributed by atoms with Gasteiger partial charge >= 0.3 is 5.97 Å². The Balaban J connectivity index is 2.36. The van der Waals surface area contributed by atoms with E-state index >= 15 is 0 Å². The van der Waals surface area contributed by atoms with E-state index in [4.69, 9.17) is 9.84 Å². The van der Waals surface area contributed by atoms with Crippen molar-refractivity contribution in [3.05, 3.63) is 30.1 Å². The molecule has 0 fully saturated rings. The summed E-state index contributed by atoms with van der Waals surface area (Å²) < 4.78 is 17.7. The number of hydrogen-bond donors (Lipinski definition) is 1. The topological polar surface area (TPSA) is 66.8 Å². The normalized spacial score (nSPS) is 9.89. The highest BCUT2D eigenvalue weighted by Gasteiger charge is 2.10. The predicted octanol–water partition coefficient (Wildman–Crippen LogP) is 1.14. The van der Waals surface area contributed by atoms with Crippen molar-refractivity contribution >= 4 is 11.9 Å². The van der Waals surface area contributed by atoms with Gasteiger partial charge in [-0.25, -0.2) is 4.39 Å². The summed E-state index contributed by atoms with van der Waals surface area (Å²) >= 11 is 0. The van der Waals surface area contributed by atoms with Gasteiger partial charge in [-0.1, -0.05) is 0 Å². The monoisotopic (exact) mass is 255 g/mol. The van der Waals surface area contributed by atoms with Crippen molar-refractivity contribution in [1.29, 1.82) is 0 Å². The molecule has 1 aromatic carbocycles. The van der Waals surface area contributed by atoms with Gasteiger partial charge in [-0.2, -0.15) is 0 Å². The summed E-state index contributed by atoms with van der Waals surface area (Å²) in [4.78, 5) is 23.1. The number of aliphatic carboxylic acids is 1. The largest absolute Gasteiger partial charge is 0.484 e. The van der Waals surface area contributed by atoms with Crippen LogP contribution in [-0.2, 0) is 9.59 Å². The molecule has 1 N–H and O–H groups in total. The van der Waals surface area contributed by atoms with Crippen LogP contribution in [0, 0.1) is 5.82 Å². The maximum absolute atomic E-state index is 12.6. The molecular weight excluding hydrogens is 241 g/mol. The number of halogens is 1. The molecular formula is C12H14FNO4. The summed E-state index contributed by atoms with van der Waals surface area (Å²) in [6.45, 7) is -0.0807. The Hall–Kier alpha value is -2.11. The molecule has 0 radical (unpaired) electrons. The number of carboxylic acid groups (broad SMARTS) is 1. The van der Waals surface area contributed by atoms with E-state index < -0.39 is 5.97 Å². The predicted molar refractivity (Wildman–Crippen MR) is 61.8 cm³/mol. The van der Waals surface area contributed by atoms with Crippen LogP contribution in [0.15, 0.2) is 24.3 Å². The van der Waals surface area contributed by atoms with Crippen LogP contribution in [0.25, 0.3) is 0 Å². The van der Waals surface area contributed by atoms with E-state index in [1.165, 1.54) is 36.2 Å². The molecule has 0 saturated carbocycles. The van der Waals surface area contributed by atoms with E-state index in [2.05, 4.69) is 0 Å². The zero-order chi connectivity index (χ0) is 13.5. The zero-order valence-corrected chi connectivity index (χ0v) is 9.93. The Bertz CT molecular complexity index is 419. The van der Waals surface area contributed by atoms with Crippen molar-refractivity contribution in [2.24, 2.45) is 0 Å². The molecule has 18 heavy (non-hydrogen) atoms. The molecule has 1 aromatic rings. The SMILES string of the molecule is CN(CCC(=O)O)C(=O)COc1ccc(F)cc1. The number of nitrogens with zero attached hydrogens (tertiary/aromatic N) is 1. The van der Waals surface area contributed by atoms with Crippen LogP contribution in [0.5, 0.6) is 5.75 Å². The second-order valence-electron chi connectivity index (χ2n) is 3.70. The molecule has 5 nitrogen and oxygen atoms in total. The van der Waals surface area contributed by atoms with E-state index in [9.17, 15) is 14.0 Å². The van der Waals surface area contributed by atoms with Crippen molar-refractivity contribution in [2.75, 3.05) is 20.2 Å². The molecule has 0 saturated heterocycles. The van der Waals surface area contributed by atoms with Crippen LogP contribution >= 0.6 is 0 Å². The summed E-state index contributed by atoms with van der Waals surface area (Å²) in [6, 6.07) is 5.29. The molecule has 0 aliphatic rings. The molecule has 0 heterocycles. The van der Waals surface area contributed by atoms with Gasteiger partial charge in [0.05, 0.1) is 6.42 Å². The van der Waals surface area contributed by atoms with Gasteiger partial charge in [0.2, 0.25) is 0 Å². The number of carbonyl (C=O) groups excluding carboxylic acids is 1. The number of rotatable bonds is 6. The summed E-state index contributed by atoms with van der Waals surface area (Å²) in [7, 11) is 1.50. The molecule has 0 spiro atoms. The lowest BCUT2D eigenvalue weighted by Gasteiger charge is -2.16. The fourth-order valence-corrected chi connectivity index (χ4v) is 1.17. The van der Waals surface area contributed by atoms with Crippen molar-refractivity contribution in [3.8, 4) is 5.75 Å². The third-order valence-corrected chi connectivity index (χ3v) is 2.26. The Morgan fingerprint density at radius 1 is 1.33 bits per heavy atom. The van der Waals surface area contributed by atoms with Crippen LogP contribution in [0.2, 0.25) is 0 Å². The van der Waals surface area contributed by atoms with Crippen LogP contribution in [0.4, 0.5) is 4.39 Å². The highest BCUT2D eigenvalue weighted by atomic mass is 19.1. The van der Waals surface area contributed by atoms with Gasteiger partial charge in [-0.3, -0.25) is 9.59 Å². The molecule has 0 atom stereocenters. The number of likely N-dealkylation sites (N-methyl/N-ethyl adjacent to an activating group) is 1. The Morgan fingerprint density at radius 2 is 1.94 bits per heavy atom. The van der Waals surface area contributed by atoms with Crippen molar-refractivity contribution in [3.63, 3.8) is 0 Å². The first-order valence-corrected chi connectivity index (χ1v) is 5.33. The number of carboxylic acids is 1. The van der Waals surface area contributed by atoms with Crippen LogP contribution in [0.1, 0.15) is 6.42 Å². The second-order valence-corrected chi connectivity index (χ2v) is 3.70. The molecule has 0 aliphatic heterocycles. The van der Waals surface area contributed by atoms with Gasteiger partial charge in [0.15, 0.2) is 6.61 Å². The average Bonchev–Trinajstić information content (AvgIpc) is 2.34.